The van der Waals surface area contributed by atoms with Crippen LogP contribution in [0.1, 0.15) is 52.4 Å². The summed E-state index contributed by atoms with van der Waals surface area (Å²) in [5, 5.41) is 6.51. The number of esters is 1. The molecule has 0 aromatic rings. The number of ether oxygens (including phenoxy) is 1. The molecule has 7 nitrogen and oxygen atoms in total. The van der Waals surface area contributed by atoms with Gasteiger partial charge in [0.25, 0.3) is 10.1 Å². The first-order chi connectivity index (χ1) is 9.22. The quantitative estimate of drug-likeness (QED) is 0.250. The van der Waals surface area contributed by atoms with Crippen molar-refractivity contribution in [3.8, 4) is 0 Å². The molecular weight excluding hydrogens is 334 g/mol. The van der Waals surface area contributed by atoms with Crippen molar-refractivity contribution >= 4 is 81.2 Å². The average Bonchev–Trinajstić information content (AvgIpc) is 2.33. The van der Waals surface area contributed by atoms with Crippen LogP contribution in [0.15, 0.2) is 0 Å². The molecule has 2 unspecified atom stereocenters. The Morgan fingerprint density at radius 1 is 1.14 bits per heavy atom. The summed E-state index contributed by atoms with van der Waals surface area (Å²) < 4.78 is 36.0. The number of carbonyl (C=O) groups is 2. The Bertz CT molecular complexity index is 425. The van der Waals surface area contributed by atoms with Gasteiger partial charge in [-0.3, -0.25) is 14.1 Å². The first-order valence-corrected chi connectivity index (χ1v) is 8.11. The van der Waals surface area contributed by atoms with Gasteiger partial charge in [-0.15, -0.1) is 0 Å². The number of rotatable bonds is 10. The van der Waals surface area contributed by atoms with E-state index in [9.17, 15) is 18.0 Å². The number of carboxylic acid groups (broad SMARTS) is 1. The molecule has 0 heterocycles. The predicted octanol–water partition coefficient (Wildman–Crippen LogP) is 0.323. The Kier molecular flexibility index (Phi) is 17.9. The van der Waals surface area contributed by atoms with Gasteiger partial charge in [0.15, 0.2) is 5.25 Å². The molecule has 0 rings (SSSR count). The summed E-state index contributed by atoms with van der Waals surface area (Å²) in [5.41, 5.74) is 0. The Labute approximate surface area is 175 Å². The monoisotopic (exact) mass is 358 g/mol. The van der Waals surface area contributed by atoms with Gasteiger partial charge in [0.1, 0.15) is 6.10 Å². The molecule has 2 atom stereocenters. The standard InChI is InChI=1S/C12H22O7S.2Na.2H/c1-3-5-6-7-9(4-2)19-12(15)10(8-11(13)14)20(16,17)18;;;;/h9-10H,3-8H2,1-2H3,(H,13,14)(H,16,17,18);;;;. The van der Waals surface area contributed by atoms with Gasteiger partial charge in [-0.05, 0) is 19.3 Å². The van der Waals surface area contributed by atoms with Crippen molar-refractivity contribution in [2.45, 2.75) is 63.7 Å². The maximum absolute atomic E-state index is 11.7. The van der Waals surface area contributed by atoms with Crippen LogP contribution in [0.5, 0.6) is 0 Å². The number of carbonyl (C=O) groups excluding carboxylic acids is 1. The van der Waals surface area contributed by atoms with E-state index in [2.05, 4.69) is 0 Å². The van der Waals surface area contributed by atoms with Crippen LogP contribution in [0, 0.1) is 0 Å². The van der Waals surface area contributed by atoms with Crippen molar-refractivity contribution in [1.29, 1.82) is 0 Å². The first-order valence-electron chi connectivity index (χ1n) is 6.60. The second kappa shape index (κ2) is 14.2. The second-order valence-electron chi connectivity index (χ2n) is 4.56. The molecule has 0 aliphatic carbocycles. The summed E-state index contributed by atoms with van der Waals surface area (Å²) in [6.45, 7) is 3.80. The predicted molar refractivity (Wildman–Crippen MR) is 86.2 cm³/mol. The fraction of sp³-hybridized carbons (Fsp3) is 0.833. The third kappa shape index (κ3) is 12.3. The zero-order chi connectivity index (χ0) is 15.8. The summed E-state index contributed by atoms with van der Waals surface area (Å²) in [7, 11) is -4.79. The molecule has 0 bridgehead atoms. The van der Waals surface area contributed by atoms with E-state index in [-0.39, 0.29) is 59.1 Å². The zero-order valence-electron chi connectivity index (χ0n) is 11.7. The van der Waals surface area contributed by atoms with E-state index in [4.69, 9.17) is 14.4 Å². The molecule has 0 saturated heterocycles. The summed E-state index contributed by atoms with van der Waals surface area (Å²) >= 11 is 0. The molecule has 0 radical (unpaired) electrons. The van der Waals surface area contributed by atoms with Crippen LogP contribution in [0.25, 0.3) is 0 Å². The van der Waals surface area contributed by atoms with Gasteiger partial charge in [0.05, 0.1) is 6.42 Å². The van der Waals surface area contributed by atoms with Crippen molar-refractivity contribution in [2.75, 3.05) is 0 Å². The fourth-order valence-corrected chi connectivity index (χ4v) is 2.33. The van der Waals surface area contributed by atoms with Gasteiger partial charge < -0.3 is 9.84 Å². The summed E-state index contributed by atoms with van der Waals surface area (Å²) in [4.78, 5) is 22.2. The van der Waals surface area contributed by atoms with E-state index >= 15 is 0 Å². The molecule has 122 valence electrons. The average molecular weight is 358 g/mol. The van der Waals surface area contributed by atoms with E-state index in [0.717, 1.165) is 19.3 Å². The SMILES string of the molecule is CCCCCC(CC)OC(=O)C(CC(=O)O)S(=O)(=O)O.[NaH].[NaH]. The van der Waals surface area contributed by atoms with Crippen molar-refractivity contribution in [1.82, 2.24) is 0 Å². The van der Waals surface area contributed by atoms with Gasteiger partial charge in [-0.1, -0.05) is 26.7 Å². The molecule has 0 aromatic heterocycles. The Balaban J connectivity index is -0.00000180. The van der Waals surface area contributed by atoms with Crippen molar-refractivity contribution in [2.24, 2.45) is 0 Å². The molecule has 0 aromatic carbocycles. The summed E-state index contributed by atoms with van der Waals surface area (Å²) in [6, 6.07) is 0. The summed E-state index contributed by atoms with van der Waals surface area (Å²) in [5.74, 6) is -2.71. The number of hydrogen-bond donors (Lipinski definition) is 2. The minimum atomic E-state index is -4.79. The molecule has 0 aliphatic heterocycles. The van der Waals surface area contributed by atoms with Crippen molar-refractivity contribution < 1.29 is 32.4 Å². The molecule has 0 fully saturated rings. The number of carboxylic acids is 1. The Hall–Kier alpha value is 0.850. The van der Waals surface area contributed by atoms with Gasteiger partial charge in [-0.2, -0.15) is 8.42 Å². The Morgan fingerprint density at radius 3 is 2.05 bits per heavy atom. The molecule has 0 spiro atoms. The van der Waals surface area contributed by atoms with Crippen LogP contribution in [0.2, 0.25) is 0 Å². The topological polar surface area (TPSA) is 118 Å². The van der Waals surface area contributed by atoms with Crippen LogP contribution in [-0.4, -0.2) is 100 Å². The number of unbranched alkanes of at least 4 members (excludes halogenated alkanes) is 2. The first kappa shape index (κ1) is 27.7. The number of hydrogen-bond acceptors (Lipinski definition) is 5. The number of aliphatic carboxylic acids is 1. The van der Waals surface area contributed by atoms with Crippen LogP contribution in [-0.2, 0) is 24.4 Å². The van der Waals surface area contributed by atoms with Gasteiger partial charge in [0.2, 0.25) is 0 Å². The molecule has 10 heteroatoms. The molecule has 0 amide bonds. The molecular formula is C12H24Na2O7S. The van der Waals surface area contributed by atoms with E-state index < -0.39 is 39.8 Å². The zero-order valence-corrected chi connectivity index (χ0v) is 12.6. The second-order valence-corrected chi connectivity index (χ2v) is 6.16. The van der Waals surface area contributed by atoms with Crippen LogP contribution in [0.4, 0.5) is 0 Å². The molecule has 0 saturated carbocycles. The fourth-order valence-electron chi connectivity index (χ4n) is 1.68. The van der Waals surface area contributed by atoms with Crippen LogP contribution < -0.4 is 0 Å². The minimum absolute atomic E-state index is 0. The third-order valence-electron chi connectivity index (χ3n) is 2.85. The van der Waals surface area contributed by atoms with E-state index in [1.807, 2.05) is 6.92 Å². The third-order valence-corrected chi connectivity index (χ3v) is 3.93. The maximum atomic E-state index is 11.7. The van der Waals surface area contributed by atoms with Gasteiger partial charge >= 0.3 is 71.1 Å². The van der Waals surface area contributed by atoms with E-state index in [1.165, 1.54) is 0 Å². The summed E-state index contributed by atoms with van der Waals surface area (Å²) in [6.07, 6.45) is 2.40. The van der Waals surface area contributed by atoms with Crippen LogP contribution >= 0.6 is 0 Å². The van der Waals surface area contributed by atoms with Gasteiger partial charge in [0, 0.05) is 0 Å². The van der Waals surface area contributed by atoms with Crippen molar-refractivity contribution in [3.05, 3.63) is 0 Å². The van der Waals surface area contributed by atoms with Gasteiger partial charge in [-0.25, -0.2) is 0 Å². The van der Waals surface area contributed by atoms with Crippen molar-refractivity contribution in [3.63, 3.8) is 0 Å². The molecule has 22 heavy (non-hydrogen) atoms. The normalized spacial score (nSPS) is 13.2. The van der Waals surface area contributed by atoms with Crippen LogP contribution in [0.3, 0.4) is 0 Å². The van der Waals surface area contributed by atoms with E-state index in [1.54, 1.807) is 6.92 Å². The molecule has 2 N–H and O–H groups in total. The Morgan fingerprint density at radius 2 is 1.68 bits per heavy atom. The molecule has 0 aliphatic rings. The van der Waals surface area contributed by atoms with E-state index in [0.29, 0.717) is 12.8 Å².